The van der Waals surface area contributed by atoms with Gasteiger partial charge in [0.05, 0.1) is 0 Å². The Morgan fingerprint density at radius 3 is 2.27 bits per heavy atom. The molecule has 2 rings (SSSR count). The van der Waals surface area contributed by atoms with E-state index in [4.69, 9.17) is 14.3 Å². The minimum Gasteiger partial charge on any atom is -0.445 e. The normalized spacial score (nSPS) is 14.5. The first-order valence-corrected chi connectivity index (χ1v) is 10.6. The molecule has 1 heterocycles. The predicted molar refractivity (Wildman–Crippen MR) is 114 cm³/mol. The zero-order chi connectivity index (χ0) is 24.4. The van der Waals surface area contributed by atoms with Crippen LogP contribution < -0.4 is 10.6 Å². The van der Waals surface area contributed by atoms with Gasteiger partial charge in [-0.1, -0.05) is 30.3 Å². The van der Waals surface area contributed by atoms with Crippen molar-refractivity contribution in [2.45, 2.75) is 64.7 Å². The lowest BCUT2D eigenvalue weighted by Gasteiger charge is -2.23. The number of nitrogens with one attached hydrogen (secondary N) is 2. The van der Waals surface area contributed by atoms with Crippen LogP contribution in [0.25, 0.3) is 0 Å². The van der Waals surface area contributed by atoms with Crippen molar-refractivity contribution in [2.24, 2.45) is 0 Å². The number of hydroxylamine groups is 2. The minimum atomic E-state index is -1.21. The third-order valence-electron chi connectivity index (χ3n) is 4.31. The number of carbonyl (C=O) groups excluding carboxylic acids is 5. The first-order chi connectivity index (χ1) is 15.5. The monoisotopic (exact) mass is 463 g/mol. The molecule has 1 aliphatic rings. The molecule has 0 radical (unpaired) electrons. The van der Waals surface area contributed by atoms with Gasteiger partial charge < -0.3 is 24.9 Å². The van der Waals surface area contributed by atoms with Gasteiger partial charge in [0.1, 0.15) is 18.2 Å². The van der Waals surface area contributed by atoms with Gasteiger partial charge in [-0.25, -0.2) is 14.4 Å². The summed E-state index contributed by atoms with van der Waals surface area (Å²) in [4.78, 5) is 64.8. The number of hydrogen-bond donors (Lipinski definition) is 2. The number of amides is 4. The molecular weight excluding hydrogens is 434 g/mol. The Labute approximate surface area is 191 Å². The maximum atomic E-state index is 12.5. The lowest BCUT2D eigenvalue weighted by atomic mass is 10.1. The Hall–Kier alpha value is -3.63. The van der Waals surface area contributed by atoms with Crippen molar-refractivity contribution in [3.8, 4) is 0 Å². The Morgan fingerprint density at radius 2 is 1.67 bits per heavy atom. The maximum Gasteiger partial charge on any atom is 0.408 e. The molecule has 0 aromatic heterocycles. The van der Waals surface area contributed by atoms with Crippen LogP contribution in [0, 0.1) is 0 Å². The maximum absolute atomic E-state index is 12.5. The van der Waals surface area contributed by atoms with Gasteiger partial charge in [-0.05, 0) is 39.2 Å². The molecule has 180 valence electrons. The molecule has 0 saturated carbocycles. The molecule has 1 aromatic carbocycles. The van der Waals surface area contributed by atoms with Crippen molar-refractivity contribution in [1.29, 1.82) is 0 Å². The van der Waals surface area contributed by atoms with Gasteiger partial charge in [0.2, 0.25) is 0 Å². The Kier molecular flexibility index (Phi) is 9.19. The van der Waals surface area contributed by atoms with E-state index in [1.54, 1.807) is 20.8 Å². The predicted octanol–water partition coefficient (Wildman–Crippen LogP) is 2.19. The number of carbonyl (C=O) groups is 5. The average Bonchev–Trinajstić information content (AvgIpc) is 3.05. The topological polar surface area (TPSA) is 140 Å². The summed E-state index contributed by atoms with van der Waals surface area (Å²) in [6, 6.07) is 7.95. The van der Waals surface area contributed by atoms with Crippen LogP contribution in [-0.4, -0.2) is 53.2 Å². The van der Waals surface area contributed by atoms with E-state index in [1.165, 1.54) is 0 Å². The molecule has 33 heavy (non-hydrogen) atoms. The van der Waals surface area contributed by atoms with Gasteiger partial charge >= 0.3 is 18.2 Å². The van der Waals surface area contributed by atoms with E-state index < -0.39 is 41.6 Å². The molecule has 0 bridgehead atoms. The highest BCUT2D eigenvalue weighted by atomic mass is 16.7. The van der Waals surface area contributed by atoms with Gasteiger partial charge in [-0.3, -0.25) is 9.59 Å². The number of imide groups is 1. The lowest BCUT2D eigenvalue weighted by molar-refractivity contribution is -0.199. The molecule has 11 heteroatoms. The van der Waals surface area contributed by atoms with E-state index in [2.05, 4.69) is 10.6 Å². The fraction of sp³-hybridized carbons (Fsp3) is 0.500. The zero-order valence-corrected chi connectivity index (χ0v) is 18.9. The van der Waals surface area contributed by atoms with Crippen molar-refractivity contribution < 1.29 is 38.3 Å². The average molecular weight is 463 g/mol. The summed E-state index contributed by atoms with van der Waals surface area (Å²) >= 11 is 0. The Balaban J connectivity index is 1.85. The van der Waals surface area contributed by atoms with Gasteiger partial charge in [-0.15, -0.1) is 5.06 Å². The van der Waals surface area contributed by atoms with E-state index in [-0.39, 0.29) is 38.8 Å². The lowest BCUT2D eigenvalue weighted by Crippen LogP contribution is -2.47. The standard InChI is InChI=1S/C22H29N3O8/c1-22(2,3)32-21(30)24-16(19(28)33-25-17(26)11-12-18(25)27)10-7-13-23-20(29)31-14-15-8-5-4-6-9-15/h4-6,8-9,16H,7,10-14H2,1-3H3,(H,23,29)(H,24,30). The number of rotatable bonds is 9. The third kappa shape index (κ3) is 9.17. The molecule has 0 aliphatic carbocycles. The molecule has 4 amide bonds. The first kappa shape index (κ1) is 25.6. The zero-order valence-electron chi connectivity index (χ0n) is 18.9. The van der Waals surface area contributed by atoms with Crippen LogP contribution in [0.2, 0.25) is 0 Å². The summed E-state index contributed by atoms with van der Waals surface area (Å²) in [7, 11) is 0. The second-order valence-corrected chi connectivity index (χ2v) is 8.32. The number of ether oxygens (including phenoxy) is 2. The number of nitrogens with zero attached hydrogens (tertiary/aromatic N) is 1. The van der Waals surface area contributed by atoms with Crippen LogP contribution in [0.15, 0.2) is 30.3 Å². The van der Waals surface area contributed by atoms with E-state index in [1.807, 2.05) is 30.3 Å². The molecular formula is C22H29N3O8. The number of hydrogen-bond acceptors (Lipinski definition) is 8. The van der Waals surface area contributed by atoms with Crippen molar-refractivity contribution in [2.75, 3.05) is 6.54 Å². The van der Waals surface area contributed by atoms with E-state index >= 15 is 0 Å². The van der Waals surface area contributed by atoms with E-state index in [0.717, 1.165) is 5.56 Å². The van der Waals surface area contributed by atoms with Crippen molar-refractivity contribution >= 4 is 30.0 Å². The van der Waals surface area contributed by atoms with Gasteiger partial charge in [0.15, 0.2) is 0 Å². The van der Waals surface area contributed by atoms with Crippen molar-refractivity contribution in [1.82, 2.24) is 15.7 Å². The van der Waals surface area contributed by atoms with Crippen LogP contribution in [0.3, 0.4) is 0 Å². The van der Waals surface area contributed by atoms with E-state index in [0.29, 0.717) is 5.06 Å². The second-order valence-electron chi connectivity index (χ2n) is 8.32. The fourth-order valence-electron chi connectivity index (χ4n) is 2.78. The molecule has 1 aliphatic heterocycles. The quantitative estimate of drug-likeness (QED) is 0.419. The second kappa shape index (κ2) is 11.8. The Bertz CT molecular complexity index is 850. The fourth-order valence-corrected chi connectivity index (χ4v) is 2.78. The highest BCUT2D eigenvalue weighted by molar-refractivity contribution is 6.01. The molecule has 1 saturated heterocycles. The van der Waals surface area contributed by atoms with Crippen LogP contribution in [0.5, 0.6) is 0 Å². The van der Waals surface area contributed by atoms with Crippen LogP contribution >= 0.6 is 0 Å². The molecule has 1 fully saturated rings. The molecule has 0 spiro atoms. The molecule has 1 atom stereocenters. The van der Waals surface area contributed by atoms with Gasteiger partial charge in [0.25, 0.3) is 11.8 Å². The summed E-state index contributed by atoms with van der Waals surface area (Å²) in [6.45, 7) is 5.24. The van der Waals surface area contributed by atoms with Crippen molar-refractivity contribution in [3.63, 3.8) is 0 Å². The van der Waals surface area contributed by atoms with Crippen LogP contribution in [0.1, 0.15) is 52.0 Å². The SMILES string of the molecule is CC(C)(C)OC(=O)NC(CCCNC(=O)OCc1ccccc1)C(=O)ON1C(=O)CCC1=O. The summed E-state index contributed by atoms with van der Waals surface area (Å²) in [5.74, 6) is -2.25. The number of alkyl carbamates (subject to hydrolysis) is 2. The minimum absolute atomic E-state index is 0.0489. The summed E-state index contributed by atoms with van der Waals surface area (Å²) < 4.78 is 10.3. The molecule has 1 aromatic rings. The molecule has 2 N–H and O–H groups in total. The highest BCUT2D eigenvalue weighted by Crippen LogP contribution is 2.14. The largest absolute Gasteiger partial charge is 0.445 e. The first-order valence-electron chi connectivity index (χ1n) is 10.6. The molecule has 1 unspecified atom stereocenters. The van der Waals surface area contributed by atoms with Gasteiger partial charge in [-0.2, -0.15) is 0 Å². The molecule has 11 nitrogen and oxygen atoms in total. The summed E-state index contributed by atoms with van der Waals surface area (Å²) in [5.41, 5.74) is 0.0340. The summed E-state index contributed by atoms with van der Waals surface area (Å²) in [6.07, 6.45) is -1.29. The third-order valence-corrected chi connectivity index (χ3v) is 4.31. The van der Waals surface area contributed by atoms with Crippen molar-refractivity contribution in [3.05, 3.63) is 35.9 Å². The van der Waals surface area contributed by atoms with Gasteiger partial charge in [0, 0.05) is 19.4 Å². The smallest absolute Gasteiger partial charge is 0.408 e. The summed E-state index contributed by atoms with van der Waals surface area (Å²) in [5, 5.41) is 5.34. The van der Waals surface area contributed by atoms with E-state index in [9.17, 15) is 24.0 Å². The van der Waals surface area contributed by atoms with Crippen LogP contribution in [0.4, 0.5) is 9.59 Å². The highest BCUT2D eigenvalue weighted by Gasteiger charge is 2.35. The van der Waals surface area contributed by atoms with Crippen LogP contribution in [-0.2, 0) is 35.3 Å². The number of benzene rings is 1. The Morgan fingerprint density at radius 1 is 1.03 bits per heavy atom.